The van der Waals surface area contributed by atoms with E-state index in [-0.39, 0.29) is 23.5 Å². The van der Waals surface area contributed by atoms with E-state index in [9.17, 15) is 9.59 Å². The van der Waals surface area contributed by atoms with Gasteiger partial charge in [-0.1, -0.05) is 36.0 Å². The van der Waals surface area contributed by atoms with Gasteiger partial charge in [0.15, 0.2) is 5.16 Å². The topological polar surface area (TPSA) is 95.8 Å². The molecule has 0 aliphatic carbocycles. The summed E-state index contributed by atoms with van der Waals surface area (Å²) in [5, 5.41) is 9.75. The number of aryl methyl sites for hydroxylation is 1. The number of thioether (sulfide) groups is 1. The summed E-state index contributed by atoms with van der Waals surface area (Å²) in [6.07, 6.45) is 2.41. The van der Waals surface area contributed by atoms with Gasteiger partial charge in [-0.05, 0) is 36.8 Å². The molecule has 0 N–H and O–H groups in total. The zero-order valence-electron chi connectivity index (χ0n) is 16.5. The quantitative estimate of drug-likeness (QED) is 0.288. The molecule has 0 saturated carbocycles. The zero-order valence-corrected chi connectivity index (χ0v) is 18.2. The molecule has 5 rings (SSSR count). The lowest BCUT2D eigenvalue weighted by atomic mass is 10.2. The van der Waals surface area contributed by atoms with E-state index >= 15 is 0 Å². The first kappa shape index (κ1) is 19.7. The third kappa shape index (κ3) is 3.68. The number of rotatable bonds is 6. The van der Waals surface area contributed by atoms with E-state index in [4.69, 9.17) is 9.40 Å². The Morgan fingerprint density at radius 3 is 2.77 bits per heavy atom. The van der Waals surface area contributed by atoms with Crippen LogP contribution in [0.4, 0.5) is 0 Å². The Labute approximate surface area is 184 Å². The van der Waals surface area contributed by atoms with Crippen molar-refractivity contribution in [3.63, 3.8) is 0 Å². The fourth-order valence-electron chi connectivity index (χ4n) is 3.26. The molecule has 0 saturated heterocycles. The summed E-state index contributed by atoms with van der Waals surface area (Å²) in [5.41, 5.74) is 0.189. The summed E-state index contributed by atoms with van der Waals surface area (Å²) in [5.74, 6) is 0.831. The van der Waals surface area contributed by atoms with Crippen LogP contribution in [-0.4, -0.2) is 24.5 Å². The smallest absolute Gasteiger partial charge is 0.278 e. The molecule has 0 atom stereocenters. The lowest BCUT2D eigenvalue weighted by Gasteiger charge is -2.11. The molecular weight excluding hydrogens is 434 g/mol. The van der Waals surface area contributed by atoms with E-state index in [1.54, 1.807) is 35.1 Å². The lowest BCUT2D eigenvalue weighted by Crippen LogP contribution is -2.25. The van der Waals surface area contributed by atoms with Gasteiger partial charge in [0.1, 0.15) is 16.1 Å². The van der Waals surface area contributed by atoms with Crippen LogP contribution in [0.5, 0.6) is 0 Å². The maximum Gasteiger partial charge on any atom is 0.278 e. The van der Waals surface area contributed by atoms with E-state index in [2.05, 4.69) is 10.3 Å². The van der Waals surface area contributed by atoms with Crippen LogP contribution in [0.2, 0.25) is 0 Å². The predicted molar refractivity (Wildman–Crippen MR) is 121 cm³/mol. The lowest BCUT2D eigenvalue weighted by molar-refractivity contribution is 0.476. The molecule has 0 unspecified atom stereocenters. The molecule has 0 bridgehead atoms. The van der Waals surface area contributed by atoms with Crippen molar-refractivity contribution in [1.29, 1.82) is 0 Å². The van der Waals surface area contributed by atoms with E-state index in [0.717, 1.165) is 11.3 Å². The third-order valence-electron chi connectivity index (χ3n) is 4.85. The number of hydrogen-bond acceptors (Lipinski definition) is 8. The standard InChI is InChI=1S/C21H17N5O3S2/c1-2-14-10-16-18(31-14)22-21(25(19(16)27)11-13-6-5-9-29-13)30-12-26-20(28)15-7-3-4-8-17(15)23-24-26/h3-10H,2,11-12H2,1H3. The number of thiophene rings is 1. The van der Waals surface area contributed by atoms with E-state index in [1.807, 2.05) is 25.1 Å². The highest BCUT2D eigenvalue weighted by molar-refractivity contribution is 7.98. The van der Waals surface area contributed by atoms with Crippen molar-refractivity contribution in [3.8, 4) is 0 Å². The highest BCUT2D eigenvalue weighted by atomic mass is 32.2. The molecule has 0 fully saturated rings. The van der Waals surface area contributed by atoms with E-state index in [1.165, 1.54) is 27.8 Å². The Morgan fingerprint density at radius 1 is 1.10 bits per heavy atom. The van der Waals surface area contributed by atoms with Crippen LogP contribution in [0.15, 0.2) is 67.9 Å². The minimum Gasteiger partial charge on any atom is -0.467 e. The number of hydrogen-bond donors (Lipinski definition) is 0. The summed E-state index contributed by atoms with van der Waals surface area (Å²) in [4.78, 5) is 32.5. The Kier molecular flexibility index (Phi) is 5.16. The van der Waals surface area contributed by atoms with Crippen LogP contribution in [0.3, 0.4) is 0 Å². The monoisotopic (exact) mass is 451 g/mol. The number of nitrogens with zero attached hydrogens (tertiary/aromatic N) is 5. The first-order chi connectivity index (χ1) is 15.1. The maximum atomic E-state index is 13.2. The van der Waals surface area contributed by atoms with Gasteiger partial charge in [0, 0.05) is 4.88 Å². The molecule has 8 nitrogen and oxygen atoms in total. The molecule has 4 aromatic heterocycles. The van der Waals surface area contributed by atoms with Crippen molar-refractivity contribution >= 4 is 44.2 Å². The van der Waals surface area contributed by atoms with Crippen molar-refractivity contribution in [1.82, 2.24) is 24.5 Å². The summed E-state index contributed by atoms with van der Waals surface area (Å²) < 4.78 is 8.31. The zero-order chi connectivity index (χ0) is 21.4. The van der Waals surface area contributed by atoms with E-state index < -0.39 is 0 Å². The number of furan rings is 1. The van der Waals surface area contributed by atoms with Gasteiger partial charge in [0.25, 0.3) is 11.1 Å². The average molecular weight is 452 g/mol. The van der Waals surface area contributed by atoms with E-state index in [0.29, 0.717) is 32.0 Å². The van der Waals surface area contributed by atoms with Crippen molar-refractivity contribution in [2.45, 2.75) is 30.9 Å². The Bertz CT molecular complexity index is 1500. The van der Waals surface area contributed by atoms with Gasteiger partial charge in [-0.3, -0.25) is 14.2 Å². The van der Waals surface area contributed by atoms with Crippen molar-refractivity contribution < 1.29 is 4.42 Å². The maximum absolute atomic E-state index is 13.2. The minimum absolute atomic E-state index is 0.128. The van der Waals surface area contributed by atoms with Crippen LogP contribution < -0.4 is 11.1 Å². The molecule has 31 heavy (non-hydrogen) atoms. The summed E-state index contributed by atoms with van der Waals surface area (Å²) >= 11 is 2.78. The largest absolute Gasteiger partial charge is 0.467 e. The molecule has 0 radical (unpaired) electrons. The number of fused-ring (bicyclic) bond motifs is 2. The minimum atomic E-state index is -0.233. The Morgan fingerprint density at radius 2 is 1.97 bits per heavy atom. The summed E-state index contributed by atoms with van der Waals surface area (Å²) in [6, 6.07) is 12.6. The first-order valence-corrected chi connectivity index (χ1v) is 11.4. The van der Waals surface area contributed by atoms with Crippen LogP contribution in [-0.2, 0) is 18.8 Å². The Hall–Kier alpha value is -3.24. The number of aromatic nitrogens is 5. The van der Waals surface area contributed by atoms with Crippen LogP contribution in [0.1, 0.15) is 17.6 Å². The van der Waals surface area contributed by atoms with Crippen LogP contribution in [0, 0.1) is 0 Å². The normalized spacial score (nSPS) is 11.5. The molecule has 4 heterocycles. The average Bonchev–Trinajstić information content (AvgIpc) is 3.45. The van der Waals surface area contributed by atoms with Crippen molar-refractivity contribution in [2.75, 3.05) is 0 Å². The van der Waals surface area contributed by atoms with Crippen LogP contribution in [0.25, 0.3) is 21.1 Å². The van der Waals surface area contributed by atoms with Gasteiger partial charge in [-0.2, -0.15) is 4.68 Å². The Balaban J connectivity index is 1.56. The summed E-state index contributed by atoms with van der Waals surface area (Å²) in [7, 11) is 0. The molecule has 0 aliphatic heterocycles. The fourth-order valence-corrected chi connectivity index (χ4v) is 5.14. The van der Waals surface area contributed by atoms with Crippen LogP contribution >= 0.6 is 23.1 Å². The second kappa shape index (κ2) is 8.12. The van der Waals surface area contributed by atoms with Gasteiger partial charge < -0.3 is 4.42 Å². The van der Waals surface area contributed by atoms with Gasteiger partial charge in [0.2, 0.25) is 0 Å². The predicted octanol–water partition coefficient (Wildman–Crippen LogP) is 3.52. The van der Waals surface area contributed by atoms with Gasteiger partial charge >= 0.3 is 0 Å². The van der Waals surface area contributed by atoms with Crippen molar-refractivity contribution in [3.05, 3.63) is 80.1 Å². The molecule has 1 aromatic carbocycles. The fraction of sp³-hybridized carbons (Fsp3) is 0.190. The molecular formula is C21H17N5O3S2. The highest BCUT2D eigenvalue weighted by Crippen LogP contribution is 2.26. The molecule has 156 valence electrons. The van der Waals surface area contributed by atoms with Gasteiger partial charge in [0.05, 0.1) is 29.5 Å². The third-order valence-corrected chi connectivity index (χ3v) is 6.97. The summed E-state index contributed by atoms with van der Waals surface area (Å²) in [6.45, 7) is 2.30. The second-order valence-electron chi connectivity index (χ2n) is 6.83. The first-order valence-electron chi connectivity index (χ1n) is 9.65. The molecule has 0 spiro atoms. The van der Waals surface area contributed by atoms with Crippen molar-refractivity contribution in [2.24, 2.45) is 0 Å². The van der Waals surface area contributed by atoms with Gasteiger partial charge in [-0.25, -0.2) is 4.98 Å². The second-order valence-corrected chi connectivity index (χ2v) is 8.86. The SMILES string of the molecule is CCc1cc2c(=O)n(Cc3ccco3)c(SCn3nnc4ccccc4c3=O)nc2s1. The van der Waals surface area contributed by atoms with Gasteiger partial charge in [-0.15, -0.1) is 16.4 Å². The number of benzene rings is 1. The molecule has 10 heteroatoms. The molecule has 0 amide bonds. The highest BCUT2D eigenvalue weighted by Gasteiger charge is 2.16. The molecule has 5 aromatic rings. The molecule has 0 aliphatic rings.